The molecule has 0 saturated carbocycles. The molecule has 0 unspecified atom stereocenters. The van der Waals surface area contributed by atoms with Crippen LogP contribution in [0.25, 0.3) is 0 Å². The summed E-state index contributed by atoms with van der Waals surface area (Å²) in [6.07, 6.45) is 0. The van der Waals surface area contributed by atoms with Gasteiger partial charge < -0.3 is 10.1 Å². The van der Waals surface area contributed by atoms with Gasteiger partial charge in [0.15, 0.2) is 6.04 Å². The summed E-state index contributed by atoms with van der Waals surface area (Å²) >= 11 is 6.12. The van der Waals surface area contributed by atoms with Crippen LogP contribution in [0.5, 0.6) is 0 Å². The average Bonchev–Trinajstić information content (AvgIpc) is 2.70. The maximum Gasteiger partial charge on any atom is 0.302 e. The Morgan fingerprint density at radius 1 is 1.25 bits per heavy atom. The number of hydrogen-bond donors (Lipinski definition) is 1. The first-order valence-corrected chi connectivity index (χ1v) is 7.80. The van der Waals surface area contributed by atoms with E-state index in [-0.39, 0.29) is 12.5 Å². The van der Waals surface area contributed by atoms with Crippen LogP contribution in [-0.2, 0) is 14.3 Å². The second-order valence-corrected chi connectivity index (χ2v) is 5.78. The minimum atomic E-state index is -0.824. The molecule has 1 aliphatic rings. The zero-order valence-corrected chi connectivity index (χ0v) is 13.7. The zero-order valence-electron chi connectivity index (χ0n) is 13.0. The van der Waals surface area contributed by atoms with Crippen molar-refractivity contribution in [1.82, 2.24) is 0 Å². The molecule has 0 spiro atoms. The van der Waals surface area contributed by atoms with E-state index in [1.807, 2.05) is 30.3 Å². The molecule has 6 heteroatoms. The Balaban J connectivity index is 2.10. The van der Waals surface area contributed by atoms with Gasteiger partial charge in [0.2, 0.25) is 0 Å². The van der Waals surface area contributed by atoms with Gasteiger partial charge in [-0.1, -0.05) is 41.9 Å². The number of aliphatic imine (C=N–C) groups is 1. The van der Waals surface area contributed by atoms with Crippen LogP contribution in [0, 0.1) is 0 Å². The summed E-state index contributed by atoms with van der Waals surface area (Å²) in [4.78, 5) is 28.0. The highest BCUT2D eigenvalue weighted by Gasteiger charge is 2.26. The van der Waals surface area contributed by atoms with Crippen LogP contribution in [0.3, 0.4) is 0 Å². The normalized spacial score (nSPS) is 16.5. The SMILES string of the molecule is CC(=O)OC[C@H]1N=C(c2ccccc2)c2cc(Cl)ccc2NC1=O. The molecule has 0 radical (unpaired) electrons. The van der Waals surface area contributed by atoms with E-state index in [0.29, 0.717) is 16.4 Å². The fourth-order valence-electron chi connectivity index (χ4n) is 2.46. The first kappa shape index (κ1) is 16.2. The number of rotatable bonds is 3. The molecular formula is C18H15ClN2O3. The maximum absolute atomic E-state index is 12.4. The molecule has 0 aliphatic carbocycles. The monoisotopic (exact) mass is 342 g/mol. The molecule has 2 aromatic carbocycles. The van der Waals surface area contributed by atoms with Gasteiger partial charge in [-0.15, -0.1) is 0 Å². The lowest BCUT2D eigenvalue weighted by Gasteiger charge is -2.10. The number of ether oxygens (including phenoxy) is 1. The van der Waals surface area contributed by atoms with Crippen molar-refractivity contribution in [2.75, 3.05) is 11.9 Å². The minimum absolute atomic E-state index is 0.112. The molecule has 1 heterocycles. The molecule has 1 amide bonds. The number of nitrogens with one attached hydrogen (secondary N) is 1. The Kier molecular flexibility index (Phi) is 4.62. The number of amides is 1. The molecule has 1 N–H and O–H groups in total. The van der Waals surface area contributed by atoms with Crippen LogP contribution in [0.2, 0.25) is 5.02 Å². The molecule has 24 heavy (non-hydrogen) atoms. The molecule has 5 nitrogen and oxygen atoms in total. The Morgan fingerprint density at radius 2 is 2.00 bits per heavy atom. The fraction of sp³-hybridized carbons (Fsp3) is 0.167. The summed E-state index contributed by atoms with van der Waals surface area (Å²) in [7, 11) is 0. The summed E-state index contributed by atoms with van der Waals surface area (Å²) in [6, 6.07) is 13.9. The van der Waals surface area contributed by atoms with Crippen molar-refractivity contribution < 1.29 is 14.3 Å². The molecule has 0 bridgehead atoms. The molecule has 3 rings (SSSR count). The Bertz CT molecular complexity index is 818. The van der Waals surface area contributed by atoms with Crippen LogP contribution < -0.4 is 5.32 Å². The lowest BCUT2D eigenvalue weighted by molar-refractivity contribution is -0.142. The van der Waals surface area contributed by atoms with E-state index in [2.05, 4.69) is 10.3 Å². The Labute approximate surface area is 144 Å². The summed E-state index contributed by atoms with van der Waals surface area (Å²) in [6.45, 7) is 1.18. The van der Waals surface area contributed by atoms with Crippen molar-refractivity contribution >= 4 is 34.9 Å². The lowest BCUT2D eigenvalue weighted by atomic mass is 10.0. The predicted octanol–water partition coefficient (Wildman–Crippen LogP) is 3.06. The van der Waals surface area contributed by atoms with E-state index >= 15 is 0 Å². The first-order valence-electron chi connectivity index (χ1n) is 7.42. The van der Waals surface area contributed by atoms with Gasteiger partial charge in [0.1, 0.15) is 6.61 Å². The fourth-order valence-corrected chi connectivity index (χ4v) is 2.63. The van der Waals surface area contributed by atoms with E-state index < -0.39 is 12.0 Å². The molecule has 0 fully saturated rings. The lowest BCUT2D eigenvalue weighted by Crippen LogP contribution is -2.30. The maximum atomic E-state index is 12.4. The summed E-state index contributed by atoms with van der Waals surface area (Å²) in [5.41, 5.74) is 2.83. The van der Waals surface area contributed by atoms with Crippen LogP contribution in [0.4, 0.5) is 5.69 Å². The standard InChI is InChI=1S/C18H15ClN2O3/c1-11(22)24-10-16-18(23)21-15-8-7-13(19)9-14(15)17(20-16)12-5-3-2-4-6-12/h2-9,16H,10H2,1H3,(H,21,23)/t16-/m1/s1. The van der Waals surface area contributed by atoms with E-state index in [1.54, 1.807) is 18.2 Å². The smallest absolute Gasteiger partial charge is 0.302 e. The minimum Gasteiger partial charge on any atom is -0.463 e. The molecular weight excluding hydrogens is 328 g/mol. The highest BCUT2D eigenvalue weighted by atomic mass is 35.5. The van der Waals surface area contributed by atoms with Crippen molar-refractivity contribution in [3.63, 3.8) is 0 Å². The van der Waals surface area contributed by atoms with Gasteiger partial charge in [-0.3, -0.25) is 14.6 Å². The molecule has 1 aliphatic heterocycles. The van der Waals surface area contributed by atoms with Gasteiger partial charge in [0.05, 0.1) is 11.4 Å². The molecule has 122 valence electrons. The predicted molar refractivity (Wildman–Crippen MR) is 92.6 cm³/mol. The number of anilines is 1. The highest BCUT2D eigenvalue weighted by Crippen LogP contribution is 2.27. The van der Waals surface area contributed by atoms with Gasteiger partial charge in [-0.05, 0) is 18.2 Å². The van der Waals surface area contributed by atoms with E-state index in [4.69, 9.17) is 16.3 Å². The van der Waals surface area contributed by atoms with Crippen LogP contribution in [0.1, 0.15) is 18.1 Å². The second-order valence-electron chi connectivity index (χ2n) is 5.34. The van der Waals surface area contributed by atoms with Crippen molar-refractivity contribution in [3.05, 3.63) is 64.7 Å². The molecule has 2 aromatic rings. The van der Waals surface area contributed by atoms with E-state index in [1.165, 1.54) is 6.92 Å². The number of nitrogens with zero attached hydrogens (tertiary/aromatic N) is 1. The van der Waals surface area contributed by atoms with Gasteiger partial charge >= 0.3 is 5.97 Å². The van der Waals surface area contributed by atoms with Crippen LogP contribution in [0.15, 0.2) is 53.5 Å². The van der Waals surface area contributed by atoms with Gasteiger partial charge in [0.25, 0.3) is 5.91 Å². The number of carbonyl (C=O) groups excluding carboxylic acids is 2. The number of hydrogen-bond acceptors (Lipinski definition) is 4. The van der Waals surface area contributed by atoms with Crippen molar-refractivity contribution in [1.29, 1.82) is 0 Å². The van der Waals surface area contributed by atoms with Crippen molar-refractivity contribution in [2.24, 2.45) is 4.99 Å². The quantitative estimate of drug-likeness (QED) is 0.872. The second kappa shape index (κ2) is 6.84. The number of fused-ring (bicyclic) bond motifs is 1. The van der Waals surface area contributed by atoms with E-state index in [9.17, 15) is 9.59 Å². The number of benzene rings is 2. The average molecular weight is 343 g/mol. The third-order valence-corrected chi connectivity index (χ3v) is 3.81. The van der Waals surface area contributed by atoms with Crippen LogP contribution >= 0.6 is 11.6 Å². The van der Waals surface area contributed by atoms with Crippen molar-refractivity contribution in [2.45, 2.75) is 13.0 Å². The molecule has 0 aromatic heterocycles. The van der Waals surface area contributed by atoms with Gasteiger partial charge in [-0.2, -0.15) is 0 Å². The van der Waals surface area contributed by atoms with Crippen molar-refractivity contribution in [3.8, 4) is 0 Å². The topological polar surface area (TPSA) is 67.8 Å². The summed E-state index contributed by atoms with van der Waals surface area (Å²) in [5.74, 6) is -0.783. The number of halogens is 1. The number of benzodiazepines with no additional fused rings is 1. The third kappa shape index (κ3) is 3.46. The first-order chi connectivity index (χ1) is 11.5. The zero-order chi connectivity index (χ0) is 17.1. The van der Waals surface area contributed by atoms with Gasteiger partial charge in [0, 0.05) is 23.1 Å². The van der Waals surface area contributed by atoms with Gasteiger partial charge in [-0.25, -0.2) is 0 Å². The highest BCUT2D eigenvalue weighted by molar-refractivity contribution is 6.32. The Hall–Kier alpha value is -2.66. The summed E-state index contributed by atoms with van der Waals surface area (Å²) in [5, 5.41) is 3.37. The number of carbonyl (C=O) groups is 2. The largest absolute Gasteiger partial charge is 0.463 e. The molecule has 1 atom stereocenters. The number of esters is 1. The van der Waals surface area contributed by atoms with Crippen LogP contribution in [-0.4, -0.2) is 30.2 Å². The van der Waals surface area contributed by atoms with E-state index in [0.717, 1.165) is 11.1 Å². The third-order valence-electron chi connectivity index (χ3n) is 3.57. The summed E-state index contributed by atoms with van der Waals surface area (Å²) < 4.78 is 4.98. The Morgan fingerprint density at radius 3 is 2.71 bits per heavy atom. The molecule has 0 saturated heterocycles.